The van der Waals surface area contributed by atoms with Crippen LogP contribution in [0, 0.1) is 34.5 Å². The van der Waals surface area contributed by atoms with E-state index in [0.717, 1.165) is 24.4 Å². The minimum absolute atomic E-state index is 0.103. The summed E-state index contributed by atoms with van der Waals surface area (Å²) in [5, 5.41) is 8.59. The molecule has 4 atom stereocenters. The molecule has 0 aliphatic heterocycles. The lowest BCUT2D eigenvalue weighted by Gasteiger charge is -2.60. The second kappa shape index (κ2) is 4.37. The minimum atomic E-state index is 0.103. The van der Waals surface area contributed by atoms with Crippen molar-refractivity contribution in [3.8, 4) is 6.07 Å². The van der Waals surface area contributed by atoms with Crippen LogP contribution in [0.25, 0.3) is 0 Å². The largest absolute Gasteiger partial charge is 0.377 e. The Hall–Kier alpha value is -0.550. The molecule has 0 amide bonds. The summed E-state index contributed by atoms with van der Waals surface area (Å²) in [5.74, 6) is 2.56. The molecule has 2 bridgehead atoms. The summed E-state index contributed by atoms with van der Waals surface area (Å²) < 4.78 is 5.79. The minimum Gasteiger partial charge on any atom is -0.377 e. The van der Waals surface area contributed by atoms with Gasteiger partial charge in [-0.15, -0.1) is 0 Å². The van der Waals surface area contributed by atoms with E-state index in [1.165, 1.54) is 19.3 Å². The fourth-order valence-corrected chi connectivity index (χ4v) is 3.64. The molecule has 2 nitrogen and oxygen atoms in total. The fourth-order valence-electron chi connectivity index (χ4n) is 3.64. The Kier molecular flexibility index (Phi) is 3.26. The van der Waals surface area contributed by atoms with Crippen LogP contribution in [0.3, 0.4) is 0 Å². The zero-order valence-electron chi connectivity index (χ0n) is 10.7. The molecule has 0 unspecified atom stereocenters. The van der Waals surface area contributed by atoms with Crippen molar-refractivity contribution in [2.75, 3.05) is 6.61 Å². The van der Waals surface area contributed by atoms with Crippen LogP contribution >= 0.6 is 0 Å². The Morgan fingerprint density at radius 3 is 2.75 bits per heavy atom. The molecule has 0 spiro atoms. The number of nitrogens with zero attached hydrogens (tertiary/aromatic N) is 1. The normalized spacial score (nSPS) is 37.2. The van der Waals surface area contributed by atoms with Crippen molar-refractivity contribution in [2.24, 2.45) is 23.2 Å². The van der Waals surface area contributed by atoms with Crippen LogP contribution in [0.5, 0.6) is 0 Å². The van der Waals surface area contributed by atoms with Crippen LogP contribution in [0.2, 0.25) is 0 Å². The van der Waals surface area contributed by atoms with E-state index < -0.39 is 0 Å². The van der Waals surface area contributed by atoms with Gasteiger partial charge in [-0.3, -0.25) is 0 Å². The highest BCUT2D eigenvalue weighted by atomic mass is 16.5. The highest BCUT2D eigenvalue weighted by Crippen LogP contribution is 2.61. The number of hydrogen-bond donors (Lipinski definition) is 0. The van der Waals surface area contributed by atoms with Crippen molar-refractivity contribution in [1.82, 2.24) is 0 Å². The van der Waals surface area contributed by atoms with Gasteiger partial charge >= 0.3 is 0 Å². The predicted octanol–water partition coefficient (Wildman–Crippen LogP) is 3.38. The van der Waals surface area contributed by atoms with Gasteiger partial charge in [-0.25, -0.2) is 0 Å². The van der Waals surface area contributed by atoms with Crippen molar-refractivity contribution in [1.29, 1.82) is 5.26 Å². The number of hydrogen-bond acceptors (Lipinski definition) is 2. The monoisotopic (exact) mass is 221 g/mol. The first-order valence-corrected chi connectivity index (χ1v) is 6.54. The van der Waals surface area contributed by atoms with E-state index in [2.05, 4.69) is 19.9 Å². The molecule has 0 aromatic rings. The number of ether oxygens (including phenoxy) is 1. The van der Waals surface area contributed by atoms with Crippen molar-refractivity contribution >= 4 is 0 Å². The molecular formula is C14H23NO. The first-order chi connectivity index (χ1) is 7.55. The summed E-state index contributed by atoms with van der Waals surface area (Å²) in [6.07, 6.45) is 4.74. The van der Waals surface area contributed by atoms with Gasteiger partial charge in [0.15, 0.2) is 0 Å². The molecule has 0 heterocycles. The van der Waals surface area contributed by atoms with Crippen molar-refractivity contribution < 1.29 is 4.74 Å². The molecule has 2 heteroatoms. The standard InChI is InChI=1S/C14H23NO/c1-10(6-7-15)16-9-11-4-5-12-8-13(11)14(12,2)3/h10-13H,4-6,8-9H2,1-3H3/t10-,11+,12-,13-/m0/s1. The maximum absolute atomic E-state index is 8.59. The smallest absolute Gasteiger partial charge is 0.0676 e. The zero-order chi connectivity index (χ0) is 11.8. The lowest BCUT2D eigenvalue weighted by atomic mass is 9.46. The summed E-state index contributed by atoms with van der Waals surface area (Å²) >= 11 is 0. The first-order valence-electron chi connectivity index (χ1n) is 6.54. The predicted molar refractivity (Wildman–Crippen MR) is 63.7 cm³/mol. The topological polar surface area (TPSA) is 33.0 Å². The van der Waals surface area contributed by atoms with Crippen LogP contribution in [0.15, 0.2) is 0 Å². The molecule has 90 valence electrons. The third-order valence-electron chi connectivity index (χ3n) is 4.97. The maximum Gasteiger partial charge on any atom is 0.0676 e. The Bertz CT molecular complexity index is 290. The second-order valence-electron chi connectivity index (χ2n) is 6.20. The van der Waals surface area contributed by atoms with Gasteiger partial charge in [0.25, 0.3) is 0 Å². The average Bonchev–Trinajstić information content (AvgIpc) is 2.27. The van der Waals surface area contributed by atoms with Gasteiger partial charge in [0, 0.05) is 0 Å². The lowest BCUT2D eigenvalue weighted by molar-refractivity contribution is -0.129. The van der Waals surface area contributed by atoms with Gasteiger partial charge in [0.2, 0.25) is 0 Å². The van der Waals surface area contributed by atoms with E-state index in [1.807, 2.05) is 6.92 Å². The van der Waals surface area contributed by atoms with E-state index in [4.69, 9.17) is 10.00 Å². The van der Waals surface area contributed by atoms with Gasteiger partial charge in [-0.1, -0.05) is 13.8 Å². The molecule has 3 aliphatic rings. The molecule has 0 radical (unpaired) electrons. The molecule has 3 saturated carbocycles. The third-order valence-corrected chi connectivity index (χ3v) is 4.97. The summed E-state index contributed by atoms with van der Waals surface area (Å²) in [7, 11) is 0. The van der Waals surface area contributed by atoms with Crippen LogP contribution in [0.4, 0.5) is 0 Å². The van der Waals surface area contributed by atoms with Gasteiger partial charge < -0.3 is 4.74 Å². The highest BCUT2D eigenvalue weighted by Gasteiger charge is 2.54. The summed E-state index contributed by atoms with van der Waals surface area (Å²) in [5.41, 5.74) is 0.546. The SMILES string of the molecule is C[C@@H](CC#N)OC[C@H]1CC[C@H]2C[C@@H]1C2(C)C. The number of fused-ring (bicyclic) bond motifs is 2. The first kappa shape index (κ1) is 11.9. The second-order valence-corrected chi connectivity index (χ2v) is 6.20. The molecule has 0 aromatic carbocycles. The Morgan fingerprint density at radius 2 is 2.19 bits per heavy atom. The maximum atomic E-state index is 8.59. The van der Waals surface area contributed by atoms with Gasteiger partial charge in [0.05, 0.1) is 25.2 Å². The quantitative estimate of drug-likeness (QED) is 0.729. The molecule has 3 fully saturated rings. The zero-order valence-corrected chi connectivity index (χ0v) is 10.7. The average molecular weight is 221 g/mol. The summed E-state index contributed by atoms with van der Waals surface area (Å²) in [6, 6.07) is 2.17. The number of rotatable bonds is 4. The Balaban J connectivity index is 1.81. The highest BCUT2D eigenvalue weighted by molar-refractivity contribution is 5.03. The van der Waals surface area contributed by atoms with Crippen LogP contribution < -0.4 is 0 Å². The molecule has 3 rings (SSSR count). The molecule has 16 heavy (non-hydrogen) atoms. The van der Waals surface area contributed by atoms with Crippen molar-refractivity contribution in [3.05, 3.63) is 0 Å². The van der Waals surface area contributed by atoms with Gasteiger partial charge in [-0.2, -0.15) is 5.26 Å². The number of nitriles is 1. The van der Waals surface area contributed by atoms with E-state index >= 15 is 0 Å². The van der Waals surface area contributed by atoms with E-state index in [-0.39, 0.29) is 6.10 Å². The summed E-state index contributed by atoms with van der Waals surface area (Å²) in [4.78, 5) is 0. The van der Waals surface area contributed by atoms with Gasteiger partial charge in [-0.05, 0) is 49.4 Å². The van der Waals surface area contributed by atoms with E-state index in [9.17, 15) is 0 Å². The van der Waals surface area contributed by atoms with Gasteiger partial charge in [0.1, 0.15) is 0 Å². The van der Waals surface area contributed by atoms with Crippen LogP contribution in [0.1, 0.15) is 46.5 Å². The lowest BCUT2D eigenvalue weighted by Crippen LogP contribution is -2.53. The molecule has 0 N–H and O–H groups in total. The summed E-state index contributed by atoms with van der Waals surface area (Å²) in [6.45, 7) is 7.69. The Morgan fingerprint density at radius 1 is 1.44 bits per heavy atom. The van der Waals surface area contributed by atoms with E-state index in [1.54, 1.807) is 0 Å². The third kappa shape index (κ3) is 1.98. The Labute approximate surface area is 99.0 Å². The fraction of sp³-hybridized carbons (Fsp3) is 0.929. The molecular weight excluding hydrogens is 198 g/mol. The van der Waals surface area contributed by atoms with Crippen molar-refractivity contribution in [3.63, 3.8) is 0 Å². The van der Waals surface area contributed by atoms with Crippen LogP contribution in [-0.2, 0) is 4.74 Å². The molecule has 0 saturated heterocycles. The molecule has 3 aliphatic carbocycles. The van der Waals surface area contributed by atoms with Crippen LogP contribution in [-0.4, -0.2) is 12.7 Å². The van der Waals surface area contributed by atoms with Crippen molar-refractivity contribution in [2.45, 2.75) is 52.6 Å². The van der Waals surface area contributed by atoms with E-state index in [0.29, 0.717) is 11.8 Å². The molecule has 0 aromatic heterocycles.